The zero-order valence-corrected chi connectivity index (χ0v) is 19.1. The van der Waals surface area contributed by atoms with Gasteiger partial charge in [-0.3, -0.25) is 9.10 Å². The third-order valence-electron chi connectivity index (χ3n) is 3.45. The van der Waals surface area contributed by atoms with Crippen LogP contribution >= 0.6 is 34.7 Å². The monoisotopic (exact) mass is 462 g/mol. The second-order valence-corrected chi connectivity index (χ2v) is 11.1. The lowest BCUT2D eigenvalue weighted by Gasteiger charge is -2.22. The molecule has 1 aromatic heterocycles. The van der Waals surface area contributed by atoms with Gasteiger partial charge < -0.3 is 5.32 Å². The van der Waals surface area contributed by atoms with Crippen molar-refractivity contribution in [1.29, 1.82) is 0 Å². The molecule has 0 saturated heterocycles. The fourth-order valence-electron chi connectivity index (χ4n) is 2.24. The van der Waals surface area contributed by atoms with Crippen LogP contribution in [0.2, 0.25) is 5.02 Å². The number of rotatable bonds is 10. The van der Waals surface area contributed by atoms with E-state index in [0.29, 0.717) is 28.2 Å². The number of hydrogen-bond acceptors (Lipinski definition) is 7. The van der Waals surface area contributed by atoms with Gasteiger partial charge >= 0.3 is 0 Å². The zero-order valence-electron chi connectivity index (χ0n) is 15.9. The van der Waals surface area contributed by atoms with Gasteiger partial charge in [0.05, 0.1) is 11.9 Å². The maximum atomic E-state index is 12.1. The fourth-order valence-corrected chi connectivity index (χ4v) is 5.13. The molecule has 0 radical (unpaired) electrons. The van der Waals surface area contributed by atoms with Crippen LogP contribution in [0.25, 0.3) is 0 Å². The van der Waals surface area contributed by atoms with Crippen LogP contribution in [0.3, 0.4) is 0 Å². The van der Waals surface area contributed by atoms with Gasteiger partial charge in [-0.15, -0.1) is 10.2 Å². The number of benzene rings is 1. The Morgan fingerprint density at radius 3 is 2.75 bits per heavy atom. The molecule has 154 valence electrons. The predicted molar refractivity (Wildman–Crippen MR) is 117 cm³/mol. The number of nitrogens with one attached hydrogen (secondary N) is 1. The van der Waals surface area contributed by atoms with E-state index in [4.69, 9.17) is 11.6 Å². The Kier molecular flexibility index (Phi) is 8.54. The summed E-state index contributed by atoms with van der Waals surface area (Å²) in [6.45, 7) is 4.43. The average Bonchev–Trinajstić information content (AvgIpc) is 3.03. The molecular weight excluding hydrogens is 440 g/mol. The normalized spacial score (nSPS) is 11.6. The van der Waals surface area contributed by atoms with Crippen LogP contribution in [0.5, 0.6) is 0 Å². The molecule has 1 amide bonds. The first-order valence-corrected chi connectivity index (χ1v) is 12.7. The van der Waals surface area contributed by atoms with Crippen LogP contribution in [-0.2, 0) is 14.8 Å². The number of halogens is 1. The Balaban J connectivity index is 1.87. The molecule has 2 rings (SSSR count). The Labute approximate surface area is 178 Å². The molecule has 28 heavy (non-hydrogen) atoms. The van der Waals surface area contributed by atoms with E-state index in [9.17, 15) is 13.2 Å². The summed E-state index contributed by atoms with van der Waals surface area (Å²) < 4.78 is 26.2. The van der Waals surface area contributed by atoms with E-state index in [2.05, 4.69) is 29.4 Å². The molecule has 1 aromatic carbocycles. The van der Waals surface area contributed by atoms with E-state index < -0.39 is 10.0 Å². The highest BCUT2D eigenvalue weighted by atomic mass is 35.5. The summed E-state index contributed by atoms with van der Waals surface area (Å²) in [6, 6.07) is 6.62. The molecule has 0 aliphatic rings. The quantitative estimate of drug-likeness (QED) is 0.421. The first kappa shape index (κ1) is 22.9. The smallest absolute Gasteiger partial charge is 0.232 e. The molecule has 1 N–H and O–H groups in total. The minimum atomic E-state index is -3.48. The van der Waals surface area contributed by atoms with E-state index >= 15 is 0 Å². The van der Waals surface area contributed by atoms with Gasteiger partial charge in [0.25, 0.3) is 0 Å². The number of amides is 1. The molecule has 0 aliphatic carbocycles. The van der Waals surface area contributed by atoms with Crippen molar-refractivity contribution in [2.24, 2.45) is 5.92 Å². The molecule has 0 bridgehead atoms. The van der Waals surface area contributed by atoms with E-state index in [1.807, 2.05) is 0 Å². The van der Waals surface area contributed by atoms with Crippen molar-refractivity contribution in [3.8, 4) is 0 Å². The van der Waals surface area contributed by atoms with Crippen LogP contribution in [0.15, 0.2) is 28.6 Å². The largest absolute Gasteiger partial charge is 0.301 e. The van der Waals surface area contributed by atoms with Crippen molar-refractivity contribution < 1.29 is 13.2 Å². The number of thioether (sulfide) groups is 1. The average molecular weight is 463 g/mol. The van der Waals surface area contributed by atoms with Crippen LogP contribution in [0.1, 0.15) is 26.7 Å². The van der Waals surface area contributed by atoms with Gasteiger partial charge in [-0.1, -0.05) is 54.6 Å². The second kappa shape index (κ2) is 10.4. The van der Waals surface area contributed by atoms with Gasteiger partial charge in [0, 0.05) is 23.7 Å². The van der Waals surface area contributed by atoms with Gasteiger partial charge in [-0.25, -0.2) is 8.42 Å². The lowest BCUT2D eigenvalue weighted by Crippen LogP contribution is -2.31. The van der Waals surface area contributed by atoms with E-state index in [0.717, 1.165) is 16.3 Å². The minimum absolute atomic E-state index is 0.167. The first-order chi connectivity index (χ1) is 13.1. The van der Waals surface area contributed by atoms with E-state index in [1.165, 1.54) is 15.6 Å². The van der Waals surface area contributed by atoms with Gasteiger partial charge in [0.15, 0.2) is 4.34 Å². The van der Waals surface area contributed by atoms with Gasteiger partial charge in [0.2, 0.25) is 21.1 Å². The summed E-state index contributed by atoms with van der Waals surface area (Å²) in [5.74, 6) is 1.26. The molecule has 0 fully saturated rings. The van der Waals surface area contributed by atoms with Crippen molar-refractivity contribution >= 4 is 61.4 Å². The van der Waals surface area contributed by atoms with Crippen LogP contribution in [0.4, 0.5) is 10.8 Å². The summed E-state index contributed by atoms with van der Waals surface area (Å²) in [5, 5.41) is 11.6. The highest BCUT2D eigenvalue weighted by molar-refractivity contribution is 8.01. The third kappa shape index (κ3) is 7.57. The molecule has 0 saturated carbocycles. The highest BCUT2D eigenvalue weighted by Gasteiger charge is 2.18. The predicted octanol–water partition coefficient (Wildman–Crippen LogP) is 4.12. The number of carbonyl (C=O) groups excluding carboxylic acids is 1. The van der Waals surface area contributed by atoms with Crippen molar-refractivity contribution in [3.05, 3.63) is 29.3 Å². The number of sulfonamides is 1. The summed E-state index contributed by atoms with van der Waals surface area (Å²) in [5.41, 5.74) is 0.478. The number of anilines is 2. The molecule has 0 spiro atoms. The number of aromatic nitrogens is 2. The summed E-state index contributed by atoms with van der Waals surface area (Å²) in [4.78, 5) is 12.1. The van der Waals surface area contributed by atoms with Crippen molar-refractivity contribution in [2.75, 3.05) is 28.2 Å². The molecular formula is C17H23ClN4O3S3. The van der Waals surface area contributed by atoms with Crippen molar-refractivity contribution in [1.82, 2.24) is 10.2 Å². The molecule has 0 aliphatic heterocycles. The van der Waals surface area contributed by atoms with E-state index in [1.54, 1.807) is 36.0 Å². The van der Waals surface area contributed by atoms with E-state index in [-0.39, 0.29) is 18.9 Å². The Bertz CT molecular complexity index is 903. The maximum Gasteiger partial charge on any atom is 0.232 e. The minimum Gasteiger partial charge on any atom is -0.301 e. The summed E-state index contributed by atoms with van der Waals surface area (Å²) in [6.07, 6.45) is 1.66. The molecule has 0 atom stereocenters. The highest BCUT2D eigenvalue weighted by Crippen LogP contribution is 2.27. The van der Waals surface area contributed by atoms with Crippen LogP contribution in [0, 0.1) is 5.92 Å². The SMILES string of the molecule is CC(C)CSc1nnc(NC(=O)CCCN(c2cccc(Cl)c2)S(C)(=O)=O)s1. The number of carbonyl (C=O) groups is 1. The fraction of sp³-hybridized carbons (Fsp3) is 0.471. The third-order valence-corrected chi connectivity index (χ3v) is 7.28. The Morgan fingerprint density at radius 1 is 1.36 bits per heavy atom. The Hall–Kier alpha value is -1.36. The second-order valence-electron chi connectivity index (χ2n) is 6.54. The molecule has 0 unspecified atom stereocenters. The van der Waals surface area contributed by atoms with Gasteiger partial charge in [-0.2, -0.15) is 0 Å². The zero-order chi connectivity index (χ0) is 20.7. The standard InChI is InChI=1S/C17H23ClN4O3S3/c1-12(2)11-26-17-21-20-16(27-17)19-15(23)8-5-9-22(28(3,24)25)14-7-4-6-13(18)10-14/h4,6-7,10,12H,5,8-9,11H2,1-3H3,(H,19,20,23). The lowest BCUT2D eigenvalue weighted by molar-refractivity contribution is -0.116. The Morgan fingerprint density at radius 2 is 2.11 bits per heavy atom. The topological polar surface area (TPSA) is 92.3 Å². The first-order valence-electron chi connectivity index (χ1n) is 8.64. The molecule has 2 aromatic rings. The van der Waals surface area contributed by atoms with Crippen LogP contribution in [-0.4, -0.2) is 43.1 Å². The van der Waals surface area contributed by atoms with Gasteiger partial charge in [-0.05, 0) is 30.5 Å². The number of hydrogen-bond donors (Lipinski definition) is 1. The summed E-state index contributed by atoms with van der Waals surface area (Å²) in [7, 11) is -3.48. The van der Waals surface area contributed by atoms with Gasteiger partial charge in [0.1, 0.15) is 0 Å². The maximum absolute atomic E-state index is 12.1. The molecule has 1 heterocycles. The molecule has 7 nitrogen and oxygen atoms in total. The molecule has 11 heteroatoms. The number of nitrogens with zero attached hydrogens (tertiary/aromatic N) is 3. The van der Waals surface area contributed by atoms with Crippen molar-refractivity contribution in [2.45, 2.75) is 31.0 Å². The summed E-state index contributed by atoms with van der Waals surface area (Å²) >= 11 is 8.90. The lowest BCUT2D eigenvalue weighted by atomic mass is 10.2. The van der Waals surface area contributed by atoms with Crippen LogP contribution < -0.4 is 9.62 Å². The van der Waals surface area contributed by atoms with Crippen molar-refractivity contribution in [3.63, 3.8) is 0 Å².